The largest absolute Gasteiger partial charge is 0.376 e. The van der Waals surface area contributed by atoms with Crippen LogP contribution in [0, 0.1) is 0 Å². The van der Waals surface area contributed by atoms with Crippen molar-refractivity contribution in [3.8, 4) is 0 Å². The number of amides is 2. The minimum absolute atomic E-state index is 0.0574. The number of benzene rings is 2. The normalized spacial score (nSPS) is 10.2. The molecule has 0 aliphatic carbocycles. The van der Waals surface area contributed by atoms with Crippen LogP contribution >= 0.6 is 0 Å². The molecule has 2 amide bonds. The Labute approximate surface area is 149 Å². The molecule has 0 bridgehead atoms. The average Bonchev–Trinajstić information content (AvgIpc) is 2.66. The predicted octanol–water partition coefficient (Wildman–Crippen LogP) is 3.29. The van der Waals surface area contributed by atoms with E-state index in [0.717, 1.165) is 17.8 Å². The van der Waals surface area contributed by atoms with E-state index in [1.807, 2.05) is 56.3 Å². The van der Waals surface area contributed by atoms with Gasteiger partial charge in [-0.3, -0.25) is 9.59 Å². The zero-order valence-electron chi connectivity index (χ0n) is 14.8. The van der Waals surface area contributed by atoms with Gasteiger partial charge >= 0.3 is 0 Å². The molecule has 0 aliphatic heterocycles. The van der Waals surface area contributed by atoms with E-state index in [4.69, 9.17) is 0 Å². The molecular formula is C20H25N3O2. The first-order valence-electron chi connectivity index (χ1n) is 8.63. The lowest BCUT2D eigenvalue weighted by Gasteiger charge is -2.21. The minimum atomic E-state index is -0.0622. The number of anilines is 2. The smallest absolute Gasteiger partial charge is 0.258 e. The summed E-state index contributed by atoms with van der Waals surface area (Å²) in [6.07, 6.45) is 0.905. The van der Waals surface area contributed by atoms with Gasteiger partial charge in [-0.1, -0.05) is 31.2 Å². The highest BCUT2D eigenvalue weighted by atomic mass is 16.2. The molecule has 0 spiro atoms. The van der Waals surface area contributed by atoms with Gasteiger partial charge in [0, 0.05) is 30.0 Å². The molecule has 0 radical (unpaired) electrons. The monoisotopic (exact) mass is 339 g/mol. The van der Waals surface area contributed by atoms with Crippen molar-refractivity contribution in [1.29, 1.82) is 0 Å². The summed E-state index contributed by atoms with van der Waals surface area (Å²) in [6.45, 7) is 5.40. The number of rotatable bonds is 8. The third-order valence-corrected chi connectivity index (χ3v) is 3.76. The summed E-state index contributed by atoms with van der Waals surface area (Å²) < 4.78 is 0. The number of carbonyl (C=O) groups is 2. The summed E-state index contributed by atoms with van der Waals surface area (Å²) in [7, 11) is 0. The van der Waals surface area contributed by atoms with E-state index in [1.165, 1.54) is 0 Å². The molecule has 2 rings (SSSR count). The molecule has 0 fully saturated rings. The maximum atomic E-state index is 12.8. The maximum absolute atomic E-state index is 12.8. The van der Waals surface area contributed by atoms with Crippen LogP contribution in [0.2, 0.25) is 0 Å². The fourth-order valence-corrected chi connectivity index (χ4v) is 2.48. The number of carbonyl (C=O) groups excluding carboxylic acids is 2. The SMILES string of the molecule is CCCNC(=O)CNc1cccc(C(=O)N(CC)c2ccccc2)c1. The lowest BCUT2D eigenvalue weighted by Crippen LogP contribution is -2.31. The highest BCUT2D eigenvalue weighted by Crippen LogP contribution is 2.18. The van der Waals surface area contributed by atoms with E-state index in [1.54, 1.807) is 17.0 Å². The molecule has 2 aromatic carbocycles. The Morgan fingerprint density at radius 2 is 1.76 bits per heavy atom. The Kier molecular flexibility index (Phi) is 7.01. The van der Waals surface area contributed by atoms with E-state index in [9.17, 15) is 9.59 Å². The second-order valence-electron chi connectivity index (χ2n) is 5.67. The third-order valence-electron chi connectivity index (χ3n) is 3.76. The number of hydrogen-bond donors (Lipinski definition) is 2. The predicted molar refractivity (Wildman–Crippen MR) is 102 cm³/mol. The van der Waals surface area contributed by atoms with Crippen LogP contribution in [0.5, 0.6) is 0 Å². The van der Waals surface area contributed by atoms with Crippen LogP contribution in [0.15, 0.2) is 54.6 Å². The second kappa shape index (κ2) is 9.47. The minimum Gasteiger partial charge on any atom is -0.376 e. The van der Waals surface area contributed by atoms with Gasteiger partial charge in [0.05, 0.1) is 6.54 Å². The van der Waals surface area contributed by atoms with Gasteiger partial charge in [0.1, 0.15) is 0 Å². The van der Waals surface area contributed by atoms with Crippen molar-refractivity contribution in [3.63, 3.8) is 0 Å². The van der Waals surface area contributed by atoms with E-state index in [-0.39, 0.29) is 18.4 Å². The van der Waals surface area contributed by atoms with Gasteiger partial charge in [-0.2, -0.15) is 0 Å². The number of nitrogens with zero attached hydrogens (tertiary/aromatic N) is 1. The fraction of sp³-hybridized carbons (Fsp3) is 0.300. The topological polar surface area (TPSA) is 61.4 Å². The summed E-state index contributed by atoms with van der Waals surface area (Å²) in [6, 6.07) is 16.8. The number of hydrogen-bond acceptors (Lipinski definition) is 3. The van der Waals surface area contributed by atoms with Gasteiger partial charge in [0.25, 0.3) is 5.91 Å². The molecule has 0 heterocycles. The van der Waals surface area contributed by atoms with Gasteiger partial charge in [0.2, 0.25) is 5.91 Å². The van der Waals surface area contributed by atoms with Crippen LogP contribution in [-0.2, 0) is 4.79 Å². The van der Waals surface area contributed by atoms with Crippen LogP contribution in [0.1, 0.15) is 30.6 Å². The second-order valence-corrected chi connectivity index (χ2v) is 5.67. The Balaban J connectivity index is 2.06. The Hall–Kier alpha value is -2.82. The van der Waals surface area contributed by atoms with Crippen molar-refractivity contribution in [3.05, 3.63) is 60.2 Å². The summed E-state index contributed by atoms with van der Waals surface area (Å²) in [5, 5.41) is 5.87. The molecule has 5 nitrogen and oxygen atoms in total. The molecule has 2 aromatic rings. The summed E-state index contributed by atoms with van der Waals surface area (Å²) in [5.74, 6) is -0.120. The van der Waals surface area contributed by atoms with Crippen molar-refractivity contribution < 1.29 is 9.59 Å². The Bertz CT molecular complexity index is 701. The molecule has 0 saturated carbocycles. The van der Waals surface area contributed by atoms with Crippen molar-refractivity contribution in [2.45, 2.75) is 20.3 Å². The molecule has 0 atom stereocenters. The average molecular weight is 339 g/mol. The molecule has 132 valence electrons. The Morgan fingerprint density at radius 3 is 2.44 bits per heavy atom. The Morgan fingerprint density at radius 1 is 1.00 bits per heavy atom. The van der Waals surface area contributed by atoms with Gasteiger partial charge in [0.15, 0.2) is 0 Å². The maximum Gasteiger partial charge on any atom is 0.258 e. The number of para-hydroxylation sites is 1. The molecule has 5 heteroatoms. The van der Waals surface area contributed by atoms with E-state index < -0.39 is 0 Å². The summed E-state index contributed by atoms with van der Waals surface area (Å²) in [5.41, 5.74) is 2.21. The van der Waals surface area contributed by atoms with Crippen molar-refractivity contribution in [2.75, 3.05) is 29.9 Å². The zero-order chi connectivity index (χ0) is 18.1. The standard InChI is InChI=1S/C20H25N3O2/c1-3-13-21-19(24)15-22-17-10-8-9-16(14-17)20(25)23(4-2)18-11-6-5-7-12-18/h5-12,14,22H,3-4,13,15H2,1-2H3,(H,21,24). The van der Waals surface area contributed by atoms with E-state index in [0.29, 0.717) is 18.7 Å². The first-order valence-corrected chi connectivity index (χ1v) is 8.63. The molecular weight excluding hydrogens is 314 g/mol. The van der Waals surface area contributed by atoms with Gasteiger partial charge in [-0.15, -0.1) is 0 Å². The summed E-state index contributed by atoms with van der Waals surface area (Å²) in [4.78, 5) is 26.2. The van der Waals surface area contributed by atoms with E-state index >= 15 is 0 Å². The first-order chi connectivity index (χ1) is 12.2. The lowest BCUT2D eigenvalue weighted by atomic mass is 10.1. The van der Waals surface area contributed by atoms with Crippen molar-refractivity contribution >= 4 is 23.2 Å². The molecule has 0 aliphatic rings. The molecule has 2 N–H and O–H groups in total. The van der Waals surface area contributed by atoms with Crippen LogP contribution < -0.4 is 15.5 Å². The molecule has 0 saturated heterocycles. The zero-order valence-corrected chi connectivity index (χ0v) is 14.8. The fourth-order valence-electron chi connectivity index (χ4n) is 2.48. The first kappa shape index (κ1) is 18.5. The van der Waals surface area contributed by atoms with Crippen LogP contribution in [0.3, 0.4) is 0 Å². The quantitative estimate of drug-likeness (QED) is 0.776. The highest BCUT2D eigenvalue weighted by molar-refractivity contribution is 6.06. The van der Waals surface area contributed by atoms with Crippen molar-refractivity contribution in [2.24, 2.45) is 0 Å². The van der Waals surface area contributed by atoms with Gasteiger partial charge in [-0.25, -0.2) is 0 Å². The van der Waals surface area contributed by atoms with Gasteiger partial charge < -0.3 is 15.5 Å². The third kappa shape index (κ3) is 5.35. The van der Waals surface area contributed by atoms with Crippen LogP contribution in [0.25, 0.3) is 0 Å². The van der Waals surface area contributed by atoms with Crippen LogP contribution in [0.4, 0.5) is 11.4 Å². The molecule has 25 heavy (non-hydrogen) atoms. The van der Waals surface area contributed by atoms with E-state index in [2.05, 4.69) is 10.6 Å². The van der Waals surface area contributed by atoms with Crippen LogP contribution in [-0.4, -0.2) is 31.4 Å². The molecule has 0 unspecified atom stereocenters. The lowest BCUT2D eigenvalue weighted by molar-refractivity contribution is -0.119. The molecule has 0 aromatic heterocycles. The highest BCUT2D eigenvalue weighted by Gasteiger charge is 2.16. The van der Waals surface area contributed by atoms with Crippen molar-refractivity contribution in [1.82, 2.24) is 5.32 Å². The van der Waals surface area contributed by atoms with Gasteiger partial charge in [-0.05, 0) is 43.7 Å². The number of nitrogens with one attached hydrogen (secondary N) is 2. The summed E-state index contributed by atoms with van der Waals surface area (Å²) >= 11 is 0.